The lowest BCUT2D eigenvalue weighted by Gasteiger charge is -2.26. The summed E-state index contributed by atoms with van der Waals surface area (Å²) in [6.07, 6.45) is 4.10. The number of hydrogen-bond acceptors (Lipinski definition) is 8. The van der Waals surface area contributed by atoms with E-state index in [-0.39, 0.29) is 17.7 Å². The molecule has 0 spiro atoms. The monoisotopic (exact) mass is 359 g/mol. The van der Waals surface area contributed by atoms with Crippen molar-refractivity contribution in [2.24, 2.45) is 7.05 Å². The maximum atomic E-state index is 11.8. The molecule has 2 aromatic rings. The Kier molecular flexibility index (Phi) is 5.36. The largest absolute Gasteiger partial charge is 0.380 e. The van der Waals surface area contributed by atoms with Gasteiger partial charge < -0.3 is 24.4 Å². The van der Waals surface area contributed by atoms with Crippen LogP contribution in [0.1, 0.15) is 6.42 Å². The van der Waals surface area contributed by atoms with Crippen molar-refractivity contribution < 1.29 is 4.74 Å². The fourth-order valence-corrected chi connectivity index (χ4v) is 3.04. The predicted molar refractivity (Wildman–Crippen MR) is 101 cm³/mol. The molecule has 0 aromatic carbocycles. The van der Waals surface area contributed by atoms with Crippen LogP contribution in [0.3, 0.4) is 0 Å². The third-order valence-corrected chi connectivity index (χ3v) is 4.60. The molecule has 0 aliphatic carbocycles. The number of methoxy groups -OCH3 is 1. The summed E-state index contributed by atoms with van der Waals surface area (Å²) in [5.74, 6) is 2.30. The Labute approximate surface area is 152 Å². The van der Waals surface area contributed by atoms with Gasteiger partial charge >= 0.3 is 0 Å². The first-order valence-electron chi connectivity index (χ1n) is 8.53. The van der Waals surface area contributed by atoms with Crippen LogP contribution in [0.25, 0.3) is 0 Å². The summed E-state index contributed by atoms with van der Waals surface area (Å²) < 4.78 is 7.01. The third-order valence-electron chi connectivity index (χ3n) is 4.60. The second-order valence-electron chi connectivity index (χ2n) is 6.63. The van der Waals surface area contributed by atoms with Crippen molar-refractivity contribution in [2.75, 3.05) is 49.4 Å². The lowest BCUT2D eigenvalue weighted by atomic mass is 10.2. The van der Waals surface area contributed by atoms with Gasteiger partial charge in [-0.15, -0.1) is 0 Å². The first-order valence-corrected chi connectivity index (χ1v) is 8.53. The van der Waals surface area contributed by atoms with Gasteiger partial charge in [0.05, 0.1) is 18.5 Å². The molecule has 2 aromatic heterocycles. The molecule has 0 saturated carbocycles. The summed E-state index contributed by atoms with van der Waals surface area (Å²) in [4.78, 5) is 28.9. The van der Waals surface area contributed by atoms with Crippen molar-refractivity contribution >= 4 is 17.5 Å². The molecule has 140 valence electrons. The van der Waals surface area contributed by atoms with Crippen LogP contribution < -0.4 is 20.7 Å². The fourth-order valence-electron chi connectivity index (χ4n) is 3.04. The average molecular weight is 359 g/mol. The summed E-state index contributed by atoms with van der Waals surface area (Å²) in [5.41, 5.74) is -0.0908. The number of anilines is 3. The SMILES string of the molecule is CO[C@@H]1C[C@H](CNc2cc(=O)n(C)cn2)N(c2cc(N(C)C)ncn2)C1. The Morgan fingerprint density at radius 2 is 2.12 bits per heavy atom. The van der Waals surface area contributed by atoms with Gasteiger partial charge in [0.2, 0.25) is 0 Å². The molecule has 26 heavy (non-hydrogen) atoms. The Morgan fingerprint density at radius 3 is 2.81 bits per heavy atom. The standard InChI is InChI=1S/C17H25N7O2/c1-22(2)15-7-16(20-10-19-15)24-9-13(26-4)5-12(24)8-18-14-6-17(25)23(3)11-21-14/h6-7,10-13,18H,5,8-9H2,1-4H3/t12-,13-/m1/s1. The van der Waals surface area contributed by atoms with E-state index in [1.165, 1.54) is 17.0 Å². The molecule has 1 fully saturated rings. The van der Waals surface area contributed by atoms with E-state index >= 15 is 0 Å². The maximum absolute atomic E-state index is 11.8. The van der Waals surface area contributed by atoms with E-state index in [1.807, 2.05) is 25.1 Å². The minimum absolute atomic E-state index is 0.0908. The van der Waals surface area contributed by atoms with Crippen molar-refractivity contribution in [1.29, 1.82) is 0 Å². The molecule has 0 bridgehead atoms. The molecule has 0 radical (unpaired) electrons. The molecule has 9 nitrogen and oxygen atoms in total. The lowest BCUT2D eigenvalue weighted by molar-refractivity contribution is 0.118. The lowest BCUT2D eigenvalue weighted by Crippen LogP contribution is -2.36. The molecule has 0 amide bonds. The quantitative estimate of drug-likeness (QED) is 0.790. The smallest absolute Gasteiger partial charge is 0.255 e. The number of nitrogens with one attached hydrogen (secondary N) is 1. The normalized spacial score (nSPS) is 19.6. The fraction of sp³-hybridized carbons (Fsp3) is 0.529. The zero-order valence-corrected chi connectivity index (χ0v) is 15.6. The highest BCUT2D eigenvalue weighted by molar-refractivity contribution is 5.51. The average Bonchev–Trinajstić information content (AvgIpc) is 3.06. The third kappa shape index (κ3) is 3.93. The summed E-state index contributed by atoms with van der Waals surface area (Å²) in [6.45, 7) is 1.40. The van der Waals surface area contributed by atoms with Crippen molar-refractivity contribution in [3.63, 3.8) is 0 Å². The van der Waals surface area contributed by atoms with Gasteiger partial charge in [-0.05, 0) is 6.42 Å². The molecule has 3 rings (SSSR count). The molecular weight excluding hydrogens is 334 g/mol. The summed E-state index contributed by atoms with van der Waals surface area (Å²) in [6, 6.07) is 3.65. The van der Waals surface area contributed by atoms with Crippen molar-refractivity contribution in [3.05, 3.63) is 35.1 Å². The number of rotatable bonds is 6. The van der Waals surface area contributed by atoms with E-state index in [9.17, 15) is 4.79 Å². The second kappa shape index (κ2) is 7.69. The van der Waals surface area contributed by atoms with Gasteiger partial charge in [0.1, 0.15) is 23.8 Å². The first-order chi connectivity index (χ1) is 12.5. The van der Waals surface area contributed by atoms with Crippen LogP contribution in [-0.4, -0.2) is 66.0 Å². The zero-order valence-electron chi connectivity index (χ0n) is 15.6. The summed E-state index contributed by atoms with van der Waals surface area (Å²) >= 11 is 0. The summed E-state index contributed by atoms with van der Waals surface area (Å²) in [5, 5.41) is 3.26. The van der Waals surface area contributed by atoms with Gasteiger partial charge in [0.25, 0.3) is 5.56 Å². The highest BCUT2D eigenvalue weighted by Gasteiger charge is 2.33. The first kappa shape index (κ1) is 18.1. The minimum Gasteiger partial charge on any atom is -0.380 e. The Morgan fingerprint density at radius 1 is 1.31 bits per heavy atom. The topological polar surface area (TPSA) is 88.4 Å². The van der Waals surface area contributed by atoms with Crippen LogP contribution in [-0.2, 0) is 11.8 Å². The molecule has 1 N–H and O–H groups in total. The van der Waals surface area contributed by atoms with E-state index < -0.39 is 0 Å². The van der Waals surface area contributed by atoms with E-state index in [4.69, 9.17) is 4.74 Å². The van der Waals surface area contributed by atoms with Gasteiger partial charge in [0.15, 0.2) is 0 Å². The molecule has 3 heterocycles. The molecule has 1 saturated heterocycles. The van der Waals surface area contributed by atoms with Crippen LogP contribution in [0.15, 0.2) is 29.6 Å². The van der Waals surface area contributed by atoms with Crippen molar-refractivity contribution in [3.8, 4) is 0 Å². The number of aryl methyl sites for hydroxylation is 1. The van der Waals surface area contributed by atoms with Gasteiger partial charge in [-0.3, -0.25) is 4.79 Å². The van der Waals surface area contributed by atoms with E-state index in [0.717, 1.165) is 24.6 Å². The zero-order chi connectivity index (χ0) is 18.7. The molecular formula is C17H25N7O2. The van der Waals surface area contributed by atoms with E-state index in [0.29, 0.717) is 12.4 Å². The molecule has 0 unspecified atom stereocenters. The highest BCUT2D eigenvalue weighted by atomic mass is 16.5. The summed E-state index contributed by atoms with van der Waals surface area (Å²) in [7, 11) is 7.31. The highest BCUT2D eigenvalue weighted by Crippen LogP contribution is 2.27. The van der Waals surface area contributed by atoms with E-state index in [1.54, 1.807) is 20.5 Å². The molecule has 2 atom stereocenters. The Balaban J connectivity index is 1.76. The molecule has 1 aliphatic heterocycles. The number of nitrogens with zero attached hydrogens (tertiary/aromatic N) is 6. The van der Waals surface area contributed by atoms with Crippen molar-refractivity contribution in [1.82, 2.24) is 19.5 Å². The van der Waals surface area contributed by atoms with Crippen LogP contribution in [0.4, 0.5) is 17.5 Å². The maximum Gasteiger partial charge on any atom is 0.255 e. The number of aromatic nitrogens is 4. The molecule has 1 aliphatic rings. The Bertz CT molecular complexity index is 808. The van der Waals surface area contributed by atoms with Gasteiger partial charge in [0, 0.05) is 53.5 Å². The van der Waals surface area contributed by atoms with E-state index in [2.05, 4.69) is 25.2 Å². The minimum atomic E-state index is -0.0908. The van der Waals surface area contributed by atoms with Gasteiger partial charge in [-0.2, -0.15) is 0 Å². The van der Waals surface area contributed by atoms with Crippen LogP contribution >= 0.6 is 0 Å². The second-order valence-corrected chi connectivity index (χ2v) is 6.63. The number of ether oxygens (including phenoxy) is 1. The van der Waals surface area contributed by atoms with Crippen LogP contribution in [0.5, 0.6) is 0 Å². The Hall–Kier alpha value is -2.68. The molecule has 9 heteroatoms. The van der Waals surface area contributed by atoms with Crippen LogP contribution in [0, 0.1) is 0 Å². The van der Waals surface area contributed by atoms with Gasteiger partial charge in [-0.25, -0.2) is 15.0 Å². The van der Waals surface area contributed by atoms with Gasteiger partial charge in [-0.1, -0.05) is 0 Å². The number of hydrogen-bond donors (Lipinski definition) is 1. The predicted octanol–water partition coefficient (Wildman–Crippen LogP) is 0.342. The van der Waals surface area contributed by atoms with Crippen molar-refractivity contribution in [2.45, 2.75) is 18.6 Å². The van der Waals surface area contributed by atoms with Crippen LogP contribution in [0.2, 0.25) is 0 Å².